The van der Waals surface area contributed by atoms with Crippen molar-refractivity contribution in [3.05, 3.63) is 59.3 Å². The third-order valence-corrected chi connectivity index (χ3v) is 14.2. The van der Waals surface area contributed by atoms with Crippen molar-refractivity contribution in [1.82, 2.24) is 0 Å². The molecule has 0 saturated carbocycles. The monoisotopic (exact) mass is 872 g/mol. The Hall–Kier alpha value is -2.31. The molecule has 14 nitrogen and oxygen atoms in total. The molecule has 7 aliphatic rings. The molecule has 1 aliphatic carbocycles. The molecule has 6 aliphatic heterocycles. The Balaban J connectivity index is 1.19. The zero-order valence-corrected chi connectivity index (χ0v) is 38.5. The Labute approximate surface area is 367 Å². The first-order valence-electron chi connectivity index (χ1n) is 22.7. The fourth-order valence-corrected chi connectivity index (χ4v) is 10.7. The van der Waals surface area contributed by atoms with Gasteiger partial charge in [-0.25, -0.2) is 0 Å². The molecule has 4 fully saturated rings. The average molecular weight is 873 g/mol. The molecule has 2 N–H and O–H groups in total. The average Bonchev–Trinajstić information content (AvgIpc) is 3.56. The Morgan fingerprint density at radius 2 is 1.53 bits per heavy atom. The van der Waals surface area contributed by atoms with Gasteiger partial charge in [-0.3, -0.25) is 4.79 Å². The van der Waals surface area contributed by atoms with Gasteiger partial charge in [-0.1, -0.05) is 64.2 Å². The number of carbonyl (C=O) groups excluding carboxylic acids is 1. The first kappa shape index (κ1) is 47.6. The molecule has 1 spiro atoms. The minimum Gasteiger partial charge on any atom is -0.462 e. The predicted octanol–water partition coefficient (Wildman–Crippen LogP) is 5.64. The summed E-state index contributed by atoms with van der Waals surface area (Å²) in [7, 11) is 4.82. The quantitative estimate of drug-likeness (QED) is 0.228. The summed E-state index contributed by atoms with van der Waals surface area (Å²) in [4.78, 5) is 14.4. The molecule has 14 heteroatoms. The van der Waals surface area contributed by atoms with Crippen molar-refractivity contribution in [3.63, 3.8) is 0 Å². The largest absolute Gasteiger partial charge is 0.462 e. The van der Waals surface area contributed by atoms with Crippen LogP contribution in [0.15, 0.2) is 59.3 Å². The van der Waals surface area contributed by atoms with Crippen LogP contribution in [0.3, 0.4) is 0 Å². The summed E-state index contributed by atoms with van der Waals surface area (Å²) in [5, 5.41) is 23.2. The predicted molar refractivity (Wildman–Crippen MR) is 227 cm³/mol. The van der Waals surface area contributed by atoms with Crippen molar-refractivity contribution in [2.75, 3.05) is 27.9 Å². The number of rotatable bonds is 8. The standard InChI is InChI=1S/C48H72O14/c1-25(2)41-28(5)17-18-47(62-41)23-34-20-33(61-47)16-15-27(4)42(59-39-22-37(53-10)44(31(8)57-39)60-38-21-36(52-9)40(49)30(7)56-38)26(3)13-12-14-32-24-55-45-43(54-11)29(6)19-35(46(50)58-34)48(32,45)51/h12-15,17-19,25-26,28,30-31,33-45,49,51H,16,20-24H2,1-11H3/b13-12+,27-15+,32-14+/t26-,28+,30-,31-,33+,34-,35-,36-,37-,38-,39-,40-,41+,42-,43-,44-,45+,47-,48-/m0/s1. The van der Waals surface area contributed by atoms with E-state index in [4.69, 9.17) is 52.1 Å². The zero-order chi connectivity index (χ0) is 44.7. The van der Waals surface area contributed by atoms with Crippen LogP contribution in [-0.2, 0) is 56.9 Å². The highest BCUT2D eigenvalue weighted by Gasteiger charge is 2.60. The molecule has 62 heavy (non-hydrogen) atoms. The smallest absolute Gasteiger partial charge is 0.316 e. The van der Waals surface area contributed by atoms with E-state index in [9.17, 15) is 15.0 Å². The molecule has 4 saturated heterocycles. The molecule has 348 valence electrons. The fourth-order valence-electron chi connectivity index (χ4n) is 10.7. The second-order valence-corrected chi connectivity index (χ2v) is 19.0. The molecular weight excluding hydrogens is 801 g/mol. The van der Waals surface area contributed by atoms with Crippen molar-refractivity contribution in [2.24, 2.45) is 23.7 Å². The van der Waals surface area contributed by atoms with Gasteiger partial charge in [0.25, 0.3) is 0 Å². The van der Waals surface area contributed by atoms with E-state index in [-0.39, 0.29) is 42.7 Å². The number of methoxy groups -OCH3 is 3. The molecule has 6 heterocycles. The Kier molecular flexibility index (Phi) is 15.1. The highest BCUT2D eigenvalue weighted by atomic mass is 16.7. The lowest BCUT2D eigenvalue weighted by molar-refractivity contribution is -0.318. The Bertz CT molecular complexity index is 1720. The lowest BCUT2D eigenvalue weighted by Crippen LogP contribution is -2.58. The van der Waals surface area contributed by atoms with E-state index in [2.05, 4.69) is 46.8 Å². The van der Waals surface area contributed by atoms with Gasteiger partial charge >= 0.3 is 5.97 Å². The Morgan fingerprint density at radius 3 is 2.24 bits per heavy atom. The number of fused-ring (bicyclic) bond motifs is 2. The summed E-state index contributed by atoms with van der Waals surface area (Å²) in [5.41, 5.74) is 0.622. The van der Waals surface area contributed by atoms with Crippen molar-refractivity contribution in [2.45, 2.75) is 185 Å². The van der Waals surface area contributed by atoms with E-state index in [1.807, 2.05) is 38.2 Å². The number of carbonyl (C=O) groups is 1. The van der Waals surface area contributed by atoms with Gasteiger partial charge in [0.1, 0.15) is 42.0 Å². The van der Waals surface area contributed by atoms with Gasteiger partial charge in [-0.15, -0.1) is 0 Å². The van der Waals surface area contributed by atoms with E-state index in [1.165, 1.54) is 0 Å². The minimum atomic E-state index is -1.71. The normalized spacial score (nSPS) is 48.7. The molecule has 0 amide bonds. The summed E-state index contributed by atoms with van der Waals surface area (Å²) >= 11 is 0. The molecule has 0 aromatic carbocycles. The third kappa shape index (κ3) is 9.64. The molecule has 2 bridgehead atoms. The summed E-state index contributed by atoms with van der Waals surface area (Å²) in [6.45, 7) is 16.3. The molecule has 0 aromatic heterocycles. The van der Waals surface area contributed by atoms with Crippen molar-refractivity contribution in [1.29, 1.82) is 0 Å². The summed E-state index contributed by atoms with van der Waals surface area (Å²) in [5.74, 6) is -2.41. The number of aliphatic hydroxyl groups is 2. The number of allylic oxidation sites excluding steroid dienone is 2. The van der Waals surface area contributed by atoms with Gasteiger partial charge in [0.2, 0.25) is 0 Å². The number of hydrogen-bond donors (Lipinski definition) is 2. The van der Waals surface area contributed by atoms with E-state index < -0.39 is 90.8 Å². The van der Waals surface area contributed by atoms with Crippen LogP contribution in [0, 0.1) is 23.7 Å². The lowest BCUT2D eigenvalue weighted by Gasteiger charge is -2.48. The number of ether oxygens (including phenoxy) is 11. The summed E-state index contributed by atoms with van der Waals surface area (Å²) in [6.07, 6.45) is 8.94. The van der Waals surface area contributed by atoms with Crippen LogP contribution < -0.4 is 0 Å². The fraction of sp³-hybridized carbons (Fsp3) is 0.771. The maximum Gasteiger partial charge on any atom is 0.316 e. The molecular formula is C48H72O14. The van der Waals surface area contributed by atoms with Crippen molar-refractivity contribution >= 4 is 5.97 Å². The lowest BCUT2D eigenvalue weighted by atomic mass is 9.70. The van der Waals surface area contributed by atoms with Gasteiger partial charge < -0.3 is 62.3 Å². The maximum atomic E-state index is 14.4. The van der Waals surface area contributed by atoms with E-state index in [0.29, 0.717) is 37.7 Å². The summed E-state index contributed by atoms with van der Waals surface area (Å²) < 4.78 is 69.7. The number of hydrogen-bond acceptors (Lipinski definition) is 14. The highest BCUT2D eigenvalue weighted by Crippen LogP contribution is 2.47. The van der Waals surface area contributed by atoms with Crippen molar-refractivity contribution in [3.8, 4) is 0 Å². The van der Waals surface area contributed by atoms with Crippen LogP contribution in [-0.4, -0.2) is 141 Å². The topological polar surface area (TPSA) is 159 Å². The SMILES string of the molecule is CO[C@H]1C[C@H](O[C@H]2[C@H](C)O[C@@H](O[C@@H]3/C(C)=C/C[C@@H]4C[C@@H](C[C@@]5(C=C[C@@H](C)[C@@H](C(C)C)O5)O4)OC(=O)[C@@H]4C=C(C)[C@H](OC)[C@H]5OC/C(=C\C=C\[C@@H]3C)[C@@]54O)C[C@@H]2OC)O[C@@H](C)[C@@H]1O. The molecule has 0 aromatic rings. The van der Waals surface area contributed by atoms with E-state index in [1.54, 1.807) is 34.3 Å². The van der Waals surface area contributed by atoms with Crippen LogP contribution in [0.4, 0.5) is 0 Å². The number of aliphatic hydroxyl groups excluding tert-OH is 1. The van der Waals surface area contributed by atoms with Gasteiger partial charge in [-0.2, -0.15) is 0 Å². The van der Waals surface area contributed by atoms with E-state index >= 15 is 0 Å². The van der Waals surface area contributed by atoms with Crippen LogP contribution in [0.2, 0.25) is 0 Å². The van der Waals surface area contributed by atoms with E-state index in [0.717, 1.165) is 11.1 Å². The van der Waals surface area contributed by atoms with Gasteiger partial charge in [-0.05, 0) is 62.8 Å². The molecule has 19 atom stereocenters. The van der Waals surface area contributed by atoms with Crippen LogP contribution in [0.5, 0.6) is 0 Å². The van der Waals surface area contributed by atoms with Crippen LogP contribution >= 0.6 is 0 Å². The maximum absolute atomic E-state index is 14.4. The molecule has 0 radical (unpaired) electrons. The number of esters is 1. The first-order chi connectivity index (χ1) is 29.5. The first-order valence-corrected chi connectivity index (χ1v) is 22.7. The summed E-state index contributed by atoms with van der Waals surface area (Å²) in [6, 6.07) is 0. The van der Waals surface area contributed by atoms with Crippen LogP contribution in [0.25, 0.3) is 0 Å². The van der Waals surface area contributed by atoms with Gasteiger partial charge in [0.15, 0.2) is 18.4 Å². The molecule has 0 unspecified atom stereocenters. The second kappa shape index (κ2) is 19.7. The third-order valence-electron chi connectivity index (χ3n) is 14.2. The zero-order valence-electron chi connectivity index (χ0n) is 38.5. The second-order valence-electron chi connectivity index (χ2n) is 19.0. The van der Waals surface area contributed by atoms with Gasteiger partial charge in [0, 0.05) is 58.8 Å². The highest BCUT2D eigenvalue weighted by molar-refractivity contribution is 5.78. The van der Waals surface area contributed by atoms with Crippen LogP contribution in [0.1, 0.15) is 87.5 Å². The van der Waals surface area contributed by atoms with Crippen molar-refractivity contribution < 1.29 is 67.1 Å². The minimum absolute atomic E-state index is 0.0944. The Morgan fingerprint density at radius 1 is 0.823 bits per heavy atom. The van der Waals surface area contributed by atoms with Gasteiger partial charge in [0.05, 0.1) is 49.3 Å². The molecule has 7 rings (SSSR count).